The molecule has 0 aliphatic carbocycles. The van der Waals surface area contributed by atoms with Crippen LogP contribution in [0.15, 0.2) is 91.0 Å². The van der Waals surface area contributed by atoms with Crippen molar-refractivity contribution in [1.29, 1.82) is 0 Å². The molecular weight excluding hydrogens is 458 g/mol. The zero-order valence-corrected chi connectivity index (χ0v) is 19.9. The number of nitrogens with zero attached hydrogens (tertiary/aromatic N) is 2. The molecule has 2 heterocycles. The maximum absolute atomic E-state index is 13.9. The van der Waals surface area contributed by atoms with E-state index in [0.717, 1.165) is 11.1 Å². The molecular formula is C28H27N3O5. The van der Waals surface area contributed by atoms with Crippen LogP contribution in [0.4, 0.5) is 0 Å². The van der Waals surface area contributed by atoms with Gasteiger partial charge in [-0.2, -0.15) is 5.01 Å². The van der Waals surface area contributed by atoms with Crippen molar-refractivity contribution in [3.8, 4) is 0 Å². The first-order valence-electron chi connectivity index (χ1n) is 11.7. The molecule has 2 aliphatic heterocycles. The molecule has 3 aromatic carbocycles. The second kappa shape index (κ2) is 9.22. The third-order valence-electron chi connectivity index (χ3n) is 6.99. The van der Waals surface area contributed by atoms with Gasteiger partial charge in [-0.15, -0.1) is 0 Å². The largest absolute Gasteiger partial charge is 0.469 e. The number of fused-ring (bicyclic) bond motifs is 1. The Hall–Kier alpha value is -4.01. The molecule has 184 valence electrons. The smallest absolute Gasteiger partial charge is 0.315 e. The van der Waals surface area contributed by atoms with Crippen LogP contribution in [0.3, 0.4) is 0 Å². The van der Waals surface area contributed by atoms with Crippen LogP contribution in [0.25, 0.3) is 0 Å². The van der Waals surface area contributed by atoms with Gasteiger partial charge in [0.05, 0.1) is 19.2 Å². The molecule has 0 aromatic heterocycles. The highest BCUT2D eigenvalue weighted by molar-refractivity contribution is 5.98. The first-order valence-corrected chi connectivity index (χ1v) is 11.7. The number of methoxy groups -OCH3 is 1. The first kappa shape index (κ1) is 23.7. The van der Waals surface area contributed by atoms with Gasteiger partial charge in [-0.1, -0.05) is 78.9 Å². The molecule has 1 unspecified atom stereocenters. The lowest BCUT2D eigenvalue weighted by molar-refractivity contribution is -0.182. The Morgan fingerprint density at radius 2 is 1.36 bits per heavy atom. The summed E-state index contributed by atoms with van der Waals surface area (Å²) >= 11 is 0. The fraction of sp³-hybridized carbons (Fsp3) is 0.250. The van der Waals surface area contributed by atoms with E-state index >= 15 is 0 Å². The molecule has 2 amide bonds. The zero-order chi connectivity index (χ0) is 25.4. The van der Waals surface area contributed by atoms with Gasteiger partial charge in [-0.25, -0.2) is 5.01 Å². The SMILES string of the molecule is COC(=O)[C@@H]1[C@H](c2ccccc2)N2[C@H](c3ccccc3)[C@@H](NC(=O)c3ccccc3)C(=O)N2C1(C)O. The number of rotatable bonds is 5. The van der Waals surface area contributed by atoms with Gasteiger partial charge < -0.3 is 15.2 Å². The molecule has 8 nitrogen and oxygen atoms in total. The fourth-order valence-electron chi connectivity index (χ4n) is 5.42. The monoisotopic (exact) mass is 485 g/mol. The van der Waals surface area contributed by atoms with Crippen molar-refractivity contribution in [3.05, 3.63) is 108 Å². The minimum atomic E-state index is -1.90. The predicted octanol–water partition coefficient (Wildman–Crippen LogP) is 2.84. The lowest BCUT2D eigenvalue weighted by Gasteiger charge is -2.33. The van der Waals surface area contributed by atoms with Gasteiger partial charge in [0.2, 0.25) is 0 Å². The van der Waals surface area contributed by atoms with Crippen molar-refractivity contribution in [2.45, 2.75) is 30.8 Å². The first-order chi connectivity index (χ1) is 17.4. The van der Waals surface area contributed by atoms with Crippen LogP contribution in [-0.2, 0) is 14.3 Å². The van der Waals surface area contributed by atoms with Crippen LogP contribution in [0.1, 0.15) is 40.5 Å². The Morgan fingerprint density at radius 3 is 1.89 bits per heavy atom. The van der Waals surface area contributed by atoms with Gasteiger partial charge in [0, 0.05) is 5.56 Å². The number of benzene rings is 3. The summed E-state index contributed by atoms with van der Waals surface area (Å²) in [7, 11) is 1.26. The van der Waals surface area contributed by atoms with E-state index in [0.29, 0.717) is 5.56 Å². The van der Waals surface area contributed by atoms with Crippen molar-refractivity contribution in [2.24, 2.45) is 5.92 Å². The number of aliphatic hydroxyl groups is 1. The highest BCUT2D eigenvalue weighted by atomic mass is 16.5. The van der Waals surface area contributed by atoms with E-state index in [2.05, 4.69) is 5.32 Å². The number of carbonyl (C=O) groups excluding carboxylic acids is 3. The van der Waals surface area contributed by atoms with Gasteiger partial charge in [0.1, 0.15) is 12.0 Å². The van der Waals surface area contributed by atoms with Crippen molar-refractivity contribution in [2.75, 3.05) is 7.11 Å². The highest BCUT2D eigenvalue weighted by Gasteiger charge is 2.68. The van der Waals surface area contributed by atoms with Crippen molar-refractivity contribution >= 4 is 17.8 Å². The number of carbonyl (C=O) groups is 3. The fourth-order valence-corrected chi connectivity index (χ4v) is 5.42. The van der Waals surface area contributed by atoms with E-state index in [1.807, 2.05) is 60.7 Å². The van der Waals surface area contributed by atoms with E-state index in [-0.39, 0.29) is 0 Å². The summed E-state index contributed by atoms with van der Waals surface area (Å²) in [6, 6.07) is 24.8. The van der Waals surface area contributed by atoms with Crippen molar-refractivity contribution in [3.63, 3.8) is 0 Å². The molecule has 0 saturated carbocycles. The lowest BCUT2D eigenvalue weighted by atomic mass is 9.84. The average molecular weight is 486 g/mol. The van der Waals surface area contributed by atoms with Gasteiger partial charge in [0.25, 0.3) is 11.8 Å². The van der Waals surface area contributed by atoms with E-state index in [1.165, 1.54) is 19.0 Å². The molecule has 0 spiro atoms. The Morgan fingerprint density at radius 1 is 0.861 bits per heavy atom. The molecule has 5 atom stereocenters. The third kappa shape index (κ3) is 3.75. The van der Waals surface area contributed by atoms with Crippen molar-refractivity contribution < 1.29 is 24.2 Å². The Bertz CT molecular complexity index is 1270. The van der Waals surface area contributed by atoms with E-state index in [4.69, 9.17) is 4.74 Å². The maximum atomic E-state index is 13.9. The number of ether oxygens (including phenoxy) is 1. The number of hydrazine groups is 1. The van der Waals surface area contributed by atoms with Crippen LogP contribution >= 0.6 is 0 Å². The Kier molecular flexibility index (Phi) is 6.07. The molecule has 0 bridgehead atoms. The second-order valence-electron chi connectivity index (χ2n) is 9.15. The van der Waals surface area contributed by atoms with Crippen LogP contribution in [0.2, 0.25) is 0 Å². The van der Waals surface area contributed by atoms with Gasteiger partial charge in [-0.05, 0) is 30.2 Å². The molecule has 36 heavy (non-hydrogen) atoms. The van der Waals surface area contributed by atoms with Crippen LogP contribution in [0.5, 0.6) is 0 Å². The predicted molar refractivity (Wildman–Crippen MR) is 131 cm³/mol. The number of amides is 2. The summed E-state index contributed by atoms with van der Waals surface area (Å²) in [5.74, 6) is -2.62. The number of hydrogen-bond donors (Lipinski definition) is 2. The Balaban J connectivity index is 1.65. The molecule has 2 fully saturated rings. The van der Waals surface area contributed by atoms with Gasteiger partial charge in [0.15, 0.2) is 5.72 Å². The summed E-state index contributed by atoms with van der Waals surface area (Å²) in [6.45, 7) is 1.44. The molecule has 5 rings (SSSR count). The van der Waals surface area contributed by atoms with E-state index in [9.17, 15) is 19.5 Å². The zero-order valence-electron chi connectivity index (χ0n) is 19.9. The third-order valence-corrected chi connectivity index (χ3v) is 6.99. The summed E-state index contributed by atoms with van der Waals surface area (Å²) in [6.07, 6.45) is 0. The van der Waals surface area contributed by atoms with E-state index < -0.39 is 47.6 Å². The molecule has 3 aromatic rings. The summed E-state index contributed by atoms with van der Waals surface area (Å²) in [5.41, 5.74) is 0.00981. The minimum absolute atomic E-state index is 0.405. The molecule has 2 saturated heterocycles. The summed E-state index contributed by atoms with van der Waals surface area (Å²) in [4.78, 5) is 40.1. The van der Waals surface area contributed by atoms with Crippen LogP contribution in [-0.4, -0.2) is 51.8 Å². The standard InChI is InChI=1S/C28H27N3O5/c1-28(35)21(27(34)36-2)23(18-12-6-3-7-13-18)30-24(19-14-8-4-9-15-19)22(26(33)31(28)30)29-25(32)20-16-10-5-11-17-20/h3-17,21-24,35H,1-2H3,(H,29,32)/t21-,22+,23-,24+,28?/m0/s1. The molecule has 2 N–H and O–H groups in total. The van der Waals surface area contributed by atoms with Gasteiger partial charge in [-0.3, -0.25) is 14.4 Å². The Labute approximate surface area is 209 Å². The van der Waals surface area contributed by atoms with Crippen LogP contribution in [0, 0.1) is 5.92 Å². The minimum Gasteiger partial charge on any atom is -0.469 e. The quantitative estimate of drug-likeness (QED) is 0.540. The second-order valence-corrected chi connectivity index (χ2v) is 9.15. The lowest BCUT2D eigenvalue weighted by Crippen LogP contribution is -2.53. The molecule has 0 radical (unpaired) electrons. The maximum Gasteiger partial charge on any atom is 0.315 e. The molecule has 8 heteroatoms. The van der Waals surface area contributed by atoms with Crippen molar-refractivity contribution in [1.82, 2.24) is 15.3 Å². The summed E-state index contributed by atoms with van der Waals surface area (Å²) < 4.78 is 5.08. The normalized spacial score (nSPS) is 27.5. The van der Waals surface area contributed by atoms with Crippen LogP contribution < -0.4 is 5.32 Å². The number of nitrogens with one attached hydrogen (secondary N) is 1. The van der Waals surface area contributed by atoms with E-state index in [1.54, 1.807) is 35.3 Å². The number of esters is 1. The number of hydrogen-bond acceptors (Lipinski definition) is 6. The highest BCUT2D eigenvalue weighted by Crippen LogP contribution is 2.54. The summed E-state index contributed by atoms with van der Waals surface area (Å²) in [5, 5.41) is 17.6. The molecule has 2 aliphatic rings. The average Bonchev–Trinajstić information content (AvgIpc) is 3.33. The van der Waals surface area contributed by atoms with Gasteiger partial charge >= 0.3 is 5.97 Å². The topological polar surface area (TPSA) is 99.2 Å².